The van der Waals surface area contributed by atoms with Crippen LogP contribution in [0.4, 0.5) is 10.5 Å². The first-order valence-electron chi connectivity index (χ1n) is 12.4. The number of unbranched alkanes of at least 4 members (excludes halogenated alkanes) is 2. The standard InChI is InChI=1S/C25H35N7O6/c26-15-17-7-9-18(10-8-17)30-24(37)19(5-4-13-28-25(27)38)31-21(34)16-29-20(33)6-2-1-3-14-32-22(35)11-12-23(32)36/h7-12,19H,1-6,13-16,26H2,(H,29,33)(H,30,37)(H,31,34)(H3,27,28,38)/t19-/m0/s1. The molecule has 13 nitrogen and oxygen atoms in total. The van der Waals surface area contributed by atoms with Crippen molar-refractivity contribution in [2.75, 3.05) is 25.0 Å². The Hall–Kier alpha value is -4.26. The molecule has 0 aliphatic carbocycles. The van der Waals surface area contributed by atoms with Crippen LogP contribution in [-0.2, 0) is 30.5 Å². The van der Waals surface area contributed by atoms with E-state index in [1.165, 1.54) is 12.2 Å². The highest BCUT2D eigenvalue weighted by molar-refractivity contribution is 6.12. The van der Waals surface area contributed by atoms with Crippen molar-refractivity contribution in [3.63, 3.8) is 0 Å². The normalized spacial score (nSPS) is 13.2. The SMILES string of the molecule is NCc1ccc(NC(=O)[C@H](CCCNC(N)=O)NC(=O)CNC(=O)CCCCCN2C(=O)C=CC2=O)cc1. The lowest BCUT2D eigenvalue weighted by Gasteiger charge is -2.19. The summed E-state index contributed by atoms with van der Waals surface area (Å²) in [7, 11) is 0. The van der Waals surface area contributed by atoms with E-state index in [0.29, 0.717) is 44.5 Å². The van der Waals surface area contributed by atoms with Gasteiger partial charge in [-0.3, -0.25) is 28.9 Å². The van der Waals surface area contributed by atoms with E-state index in [-0.39, 0.29) is 43.7 Å². The third-order valence-electron chi connectivity index (χ3n) is 5.71. The Labute approximate surface area is 220 Å². The third kappa shape index (κ3) is 10.8. The minimum absolute atomic E-state index is 0.176. The van der Waals surface area contributed by atoms with Crippen molar-refractivity contribution in [2.45, 2.75) is 51.1 Å². The molecule has 0 fully saturated rings. The number of nitrogens with two attached hydrogens (primary N) is 2. The lowest BCUT2D eigenvalue weighted by atomic mass is 10.1. The maximum atomic E-state index is 12.8. The van der Waals surface area contributed by atoms with Crippen LogP contribution in [0, 0.1) is 0 Å². The Morgan fingerprint density at radius 2 is 1.55 bits per heavy atom. The van der Waals surface area contributed by atoms with E-state index in [1.807, 2.05) is 0 Å². The second-order valence-electron chi connectivity index (χ2n) is 8.69. The lowest BCUT2D eigenvalue weighted by Crippen LogP contribution is -2.47. The second-order valence-corrected chi connectivity index (χ2v) is 8.69. The van der Waals surface area contributed by atoms with E-state index in [0.717, 1.165) is 10.5 Å². The van der Waals surface area contributed by atoms with Gasteiger partial charge in [0.05, 0.1) is 6.54 Å². The Morgan fingerprint density at radius 1 is 0.868 bits per heavy atom. The van der Waals surface area contributed by atoms with E-state index in [9.17, 15) is 28.8 Å². The largest absolute Gasteiger partial charge is 0.352 e. The number of rotatable bonds is 16. The molecule has 1 atom stereocenters. The van der Waals surface area contributed by atoms with Crippen LogP contribution in [0.1, 0.15) is 44.1 Å². The number of imide groups is 1. The molecule has 0 saturated carbocycles. The lowest BCUT2D eigenvalue weighted by molar-refractivity contribution is -0.137. The molecule has 1 aliphatic rings. The first-order valence-corrected chi connectivity index (χ1v) is 12.4. The average molecular weight is 530 g/mol. The summed E-state index contributed by atoms with van der Waals surface area (Å²) in [5.41, 5.74) is 12.1. The van der Waals surface area contributed by atoms with Gasteiger partial charge in [0, 0.05) is 43.9 Å². The number of carbonyl (C=O) groups excluding carboxylic acids is 6. The van der Waals surface area contributed by atoms with Gasteiger partial charge in [-0.1, -0.05) is 18.6 Å². The number of nitrogens with one attached hydrogen (secondary N) is 4. The fraction of sp³-hybridized carbons (Fsp3) is 0.440. The number of carbonyl (C=O) groups is 6. The highest BCUT2D eigenvalue weighted by Gasteiger charge is 2.23. The van der Waals surface area contributed by atoms with Crippen LogP contribution in [0.3, 0.4) is 0 Å². The van der Waals surface area contributed by atoms with Gasteiger partial charge in [-0.15, -0.1) is 0 Å². The van der Waals surface area contributed by atoms with Crippen LogP contribution in [-0.4, -0.2) is 66.1 Å². The van der Waals surface area contributed by atoms with Crippen LogP contribution in [0.15, 0.2) is 36.4 Å². The third-order valence-corrected chi connectivity index (χ3v) is 5.71. The van der Waals surface area contributed by atoms with Gasteiger partial charge in [0.15, 0.2) is 0 Å². The number of primary amides is 1. The molecule has 0 spiro atoms. The smallest absolute Gasteiger partial charge is 0.312 e. The summed E-state index contributed by atoms with van der Waals surface area (Å²) in [5, 5.41) is 10.3. The van der Waals surface area contributed by atoms with E-state index < -0.39 is 23.9 Å². The molecular weight excluding hydrogens is 494 g/mol. The zero-order valence-electron chi connectivity index (χ0n) is 21.2. The number of amides is 7. The maximum absolute atomic E-state index is 12.8. The van der Waals surface area contributed by atoms with Crippen molar-refractivity contribution in [1.82, 2.24) is 20.9 Å². The fourth-order valence-corrected chi connectivity index (χ4v) is 3.64. The summed E-state index contributed by atoms with van der Waals surface area (Å²) in [6, 6.07) is 5.36. The summed E-state index contributed by atoms with van der Waals surface area (Å²) in [5.74, 6) is -1.99. The van der Waals surface area contributed by atoms with Crippen molar-refractivity contribution in [3.05, 3.63) is 42.0 Å². The second kappa shape index (κ2) is 15.8. The van der Waals surface area contributed by atoms with Gasteiger partial charge in [-0.2, -0.15) is 0 Å². The van der Waals surface area contributed by atoms with E-state index in [1.54, 1.807) is 24.3 Å². The van der Waals surface area contributed by atoms with Crippen molar-refractivity contribution in [2.24, 2.45) is 11.5 Å². The van der Waals surface area contributed by atoms with Crippen LogP contribution in [0.25, 0.3) is 0 Å². The van der Waals surface area contributed by atoms with E-state index in [2.05, 4.69) is 21.3 Å². The monoisotopic (exact) mass is 529 g/mol. The van der Waals surface area contributed by atoms with E-state index >= 15 is 0 Å². The number of hydrogen-bond acceptors (Lipinski definition) is 7. The number of urea groups is 1. The first-order chi connectivity index (χ1) is 18.2. The van der Waals surface area contributed by atoms with E-state index in [4.69, 9.17) is 11.5 Å². The quantitative estimate of drug-likeness (QED) is 0.123. The molecule has 1 heterocycles. The zero-order chi connectivity index (χ0) is 27.9. The topological polar surface area (TPSA) is 206 Å². The van der Waals surface area contributed by atoms with Gasteiger partial charge in [0.25, 0.3) is 11.8 Å². The Morgan fingerprint density at radius 3 is 2.18 bits per heavy atom. The van der Waals surface area contributed by atoms with Crippen molar-refractivity contribution in [1.29, 1.82) is 0 Å². The molecule has 1 aromatic carbocycles. The molecular formula is C25H35N7O6. The van der Waals surface area contributed by atoms with Crippen molar-refractivity contribution >= 4 is 41.3 Å². The molecule has 2 rings (SSSR count). The highest BCUT2D eigenvalue weighted by atomic mass is 16.2. The molecule has 0 saturated heterocycles. The Kier molecular flexibility index (Phi) is 12.4. The molecule has 13 heteroatoms. The molecule has 7 amide bonds. The van der Waals surface area contributed by atoms with Gasteiger partial charge < -0.3 is 32.7 Å². The number of nitrogens with zero attached hydrogens (tertiary/aromatic N) is 1. The Balaban J connectivity index is 1.75. The number of anilines is 1. The number of hydrogen-bond donors (Lipinski definition) is 6. The predicted molar refractivity (Wildman–Crippen MR) is 139 cm³/mol. The highest BCUT2D eigenvalue weighted by Crippen LogP contribution is 2.11. The summed E-state index contributed by atoms with van der Waals surface area (Å²) in [6.45, 7) is 0.581. The summed E-state index contributed by atoms with van der Waals surface area (Å²) < 4.78 is 0. The molecule has 0 bridgehead atoms. The maximum Gasteiger partial charge on any atom is 0.312 e. The first kappa shape index (κ1) is 30.0. The van der Waals surface area contributed by atoms with Crippen molar-refractivity contribution < 1.29 is 28.8 Å². The van der Waals surface area contributed by atoms with Crippen LogP contribution in [0.2, 0.25) is 0 Å². The molecule has 0 radical (unpaired) electrons. The minimum atomic E-state index is -0.909. The van der Waals surface area contributed by atoms with Gasteiger partial charge in [-0.25, -0.2) is 4.79 Å². The molecule has 38 heavy (non-hydrogen) atoms. The van der Waals surface area contributed by atoms with Crippen LogP contribution < -0.4 is 32.7 Å². The van der Waals surface area contributed by atoms with Gasteiger partial charge >= 0.3 is 6.03 Å². The minimum Gasteiger partial charge on any atom is -0.352 e. The van der Waals surface area contributed by atoms with Gasteiger partial charge in [-0.05, 0) is 43.4 Å². The Bertz CT molecular complexity index is 1020. The summed E-state index contributed by atoms with van der Waals surface area (Å²) in [6.07, 6.45) is 4.97. The predicted octanol–water partition coefficient (Wildman–Crippen LogP) is -0.381. The molecule has 8 N–H and O–H groups in total. The van der Waals surface area contributed by atoms with Crippen molar-refractivity contribution in [3.8, 4) is 0 Å². The molecule has 1 aliphatic heterocycles. The summed E-state index contributed by atoms with van der Waals surface area (Å²) in [4.78, 5) is 72.4. The molecule has 1 aromatic rings. The molecule has 206 valence electrons. The summed E-state index contributed by atoms with van der Waals surface area (Å²) >= 11 is 0. The fourth-order valence-electron chi connectivity index (χ4n) is 3.64. The number of benzene rings is 1. The van der Waals surface area contributed by atoms with Gasteiger partial charge in [0.1, 0.15) is 6.04 Å². The van der Waals surface area contributed by atoms with Crippen LogP contribution >= 0.6 is 0 Å². The molecule has 0 aromatic heterocycles. The molecule has 0 unspecified atom stereocenters. The average Bonchev–Trinajstić information content (AvgIpc) is 3.21. The van der Waals surface area contributed by atoms with Crippen LogP contribution in [0.5, 0.6) is 0 Å². The van der Waals surface area contributed by atoms with Gasteiger partial charge in [0.2, 0.25) is 17.7 Å². The zero-order valence-corrected chi connectivity index (χ0v) is 21.2.